The maximum absolute atomic E-state index is 11.8. The molecule has 0 saturated carbocycles. The van der Waals surface area contributed by atoms with Gasteiger partial charge < -0.3 is 13.8 Å². The summed E-state index contributed by atoms with van der Waals surface area (Å²) < 4.78 is 21.5. The Balaban J connectivity index is 4.47. The molecule has 13 heavy (non-hydrogen) atoms. The van der Waals surface area contributed by atoms with Gasteiger partial charge in [0, 0.05) is 20.6 Å². The third-order valence-electron chi connectivity index (χ3n) is 1.95. The molecule has 4 nitrogen and oxygen atoms in total. The van der Waals surface area contributed by atoms with Gasteiger partial charge in [0.15, 0.2) is 0 Å². The molecule has 0 spiro atoms. The van der Waals surface area contributed by atoms with Gasteiger partial charge in [-0.1, -0.05) is 13.3 Å². The zero-order valence-electron chi connectivity index (χ0n) is 8.36. The van der Waals surface area contributed by atoms with Crippen molar-refractivity contribution < 1.29 is 18.4 Å². The largest absolute Gasteiger partial charge is 0.333 e. The van der Waals surface area contributed by atoms with Gasteiger partial charge in [-0.15, -0.1) is 0 Å². The fraction of sp³-hybridized carbons (Fsp3) is 0.875. The summed E-state index contributed by atoms with van der Waals surface area (Å²) in [6.45, 7) is 1.97. The third-order valence-corrected chi connectivity index (χ3v) is 4.33. The molecule has 0 aromatic heterocycles. The molecule has 0 radical (unpaired) electrons. The lowest BCUT2D eigenvalue weighted by Gasteiger charge is -2.21. The van der Waals surface area contributed by atoms with Gasteiger partial charge in [0.2, 0.25) is 0 Å². The van der Waals surface area contributed by atoms with Crippen LogP contribution >= 0.6 is 7.60 Å². The van der Waals surface area contributed by atoms with Crippen molar-refractivity contribution in [1.82, 2.24) is 0 Å². The van der Waals surface area contributed by atoms with E-state index >= 15 is 0 Å². The molecule has 0 fully saturated rings. The number of rotatable bonds is 7. The van der Waals surface area contributed by atoms with Crippen LogP contribution in [0.5, 0.6) is 0 Å². The molecule has 78 valence electrons. The van der Waals surface area contributed by atoms with Crippen molar-refractivity contribution in [2.24, 2.45) is 0 Å². The van der Waals surface area contributed by atoms with E-state index in [1.807, 2.05) is 6.92 Å². The van der Waals surface area contributed by atoms with Crippen LogP contribution in [0.3, 0.4) is 0 Å². The van der Waals surface area contributed by atoms with Crippen LogP contribution in [0, 0.1) is 0 Å². The summed E-state index contributed by atoms with van der Waals surface area (Å²) in [6.07, 6.45) is 2.52. The predicted molar refractivity (Wildman–Crippen MR) is 51.0 cm³/mol. The van der Waals surface area contributed by atoms with Crippen molar-refractivity contribution >= 4 is 13.9 Å². The van der Waals surface area contributed by atoms with Crippen molar-refractivity contribution in [2.45, 2.75) is 31.8 Å². The van der Waals surface area contributed by atoms with Crippen molar-refractivity contribution in [2.75, 3.05) is 14.2 Å². The molecule has 0 bridgehead atoms. The number of hydrogen-bond donors (Lipinski definition) is 0. The van der Waals surface area contributed by atoms with Crippen molar-refractivity contribution in [3.8, 4) is 0 Å². The number of carbonyl (C=O) groups excluding carboxylic acids is 1. The van der Waals surface area contributed by atoms with E-state index in [4.69, 9.17) is 9.05 Å². The van der Waals surface area contributed by atoms with Gasteiger partial charge in [-0.3, -0.25) is 4.57 Å². The first-order valence-electron chi connectivity index (χ1n) is 4.29. The average molecular weight is 208 g/mol. The van der Waals surface area contributed by atoms with Crippen LogP contribution in [0.4, 0.5) is 0 Å². The quantitative estimate of drug-likeness (QED) is 0.475. The Morgan fingerprint density at radius 3 is 2.23 bits per heavy atom. The standard InChI is InChI=1S/C8H17O4P/c1-4-5-8(6-7-9)13(10,11-2)12-3/h7-8H,4-6H2,1-3H3. The fourth-order valence-corrected chi connectivity index (χ4v) is 2.89. The Bertz CT molecular complexity index is 185. The summed E-state index contributed by atoms with van der Waals surface area (Å²) >= 11 is 0. The zero-order valence-corrected chi connectivity index (χ0v) is 9.25. The summed E-state index contributed by atoms with van der Waals surface area (Å²) in [7, 11) is -0.366. The van der Waals surface area contributed by atoms with Crippen LogP contribution in [0.25, 0.3) is 0 Å². The summed E-state index contributed by atoms with van der Waals surface area (Å²) in [6, 6.07) is 0. The van der Waals surface area contributed by atoms with E-state index in [0.29, 0.717) is 6.42 Å². The maximum atomic E-state index is 11.8. The van der Waals surface area contributed by atoms with Crippen LogP contribution in [0.2, 0.25) is 0 Å². The monoisotopic (exact) mass is 208 g/mol. The Hall–Kier alpha value is -0.180. The zero-order chi connectivity index (χ0) is 10.3. The summed E-state index contributed by atoms with van der Waals surface area (Å²) in [4.78, 5) is 10.3. The Labute approximate surface area is 79.1 Å². The molecule has 0 aliphatic carbocycles. The van der Waals surface area contributed by atoms with Crippen LogP contribution in [0.15, 0.2) is 0 Å². The van der Waals surface area contributed by atoms with Crippen LogP contribution in [-0.4, -0.2) is 26.2 Å². The summed E-state index contributed by atoms with van der Waals surface area (Å²) in [5.74, 6) is 0. The molecule has 0 aromatic carbocycles. The maximum Gasteiger partial charge on any atom is 0.333 e. The highest BCUT2D eigenvalue weighted by Crippen LogP contribution is 2.54. The fourth-order valence-electron chi connectivity index (χ4n) is 1.22. The molecular formula is C8H17O4P. The molecule has 1 unspecified atom stereocenters. The highest BCUT2D eigenvalue weighted by molar-refractivity contribution is 7.54. The molecule has 0 aromatic rings. The van der Waals surface area contributed by atoms with E-state index in [9.17, 15) is 9.36 Å². The molecule has 0 aliphatic rings. The van der Waals surface area contributed by atoms with Crippen LogP contribution < -0.4 is 0 Å². The van der Waals surface area contributed by atoms with E-state index in [1.54, 1.807) is 0 Å². The first kappa shape index (κ1) is 12.8. The Kier molecular flexibility index (Phi) is 6.21. The highest BCUT2D eigenvalue weighted by atomic mass is 31.2. The van der Waals surface area contributed by atoms with Crippen molar-refractivity contribution in [3.05, 3.63) is 0 Å². The minimum absolute atomic E-state index is 0.229. The van der Waals surface area contributed by atoms with Crippen LogP contribution in [0.1, 0.15) is 26.2 Å². The second-order valence-electron chi connectivity index (χ2n) is 2.75. The predicted octanol–water partition coefficient (Wildman–Crippen LogP) is 2.23. The lowest BCUT2D eigenvalue weighted by molar-refractivity contribution is -0.108. The van der Waals surface area contributed by atoms with E-state index in [0.717, 1.165) is 12.7 Å². The smallest absolute Gasteiger partial charge is 0.312 e. The SMILES string of the molecule is CCCC(CC=O)P(=O)(OC)OC. The molecule has 5 heteroatoms. The van der Waals surface area contributed by atoms with Gasteiger partial charge in [-0.25, -0.2) is 0 Å². The molecule has 0 heterocycles. The van der Waals surface area contributed by atoms with Crippen molar-refractivity contribution in [3.63, 3.8) is 0 Å². The van der Waals surface area contributed by atoms with Gasteiger partial charge in [0.1, 0.15) is 6.29 Å². The lowest BCUT2D eigenvalue weighted by Crippen LogP contribution is -2.11. The molecule has 0 aliphatic heterocycles. The Morgan fingerprint density at radius 1 is 1.38 bits per heavy atom. The minimum Gasteiger partial charge on any atom is -0.312 e. The minimum atomic E-state index is -3.06. The first-order valence-corrected chi connectivity index (χ1v) is 5.90. The number of aldehydes is 1. The third kappa shape index (κ3) is 3.59. The number of carbonyl (C=O) groups is 1. The molecular weight excluding hydrogens is 191 g/mol. The van der Waals surface area contributed by atoms with Crippen LogP contribution in [-0.2, 0) is 18.4 Å². The van der Waals surface area contributed by atoms with E-state index in [2.05, 4.69) is 0 Å². The van der Waals surface area contributed by atoms with E-state index in [-0.39, 0.29) is 12.1 Å². The second-order valence-corrected chi connectivity index (χ2v) is 5.29. The number of hydrogen-bond acceptors (Lipinski definition) is 4. The van der Waals surface area contributed by atoms with Gasteiger partial charge in [-0.2, -0.15) is 0 Å². The van der Waals surface area contributed by atoms with E-state index in [1.165, 1.54) is 14.2 Å². The summed E-state index contributed by atoms with van der Waals surface area (Å²) in [5.41, 5.74) is -0.301. The molecule has 0 N–H and O–H groups in total. The lowest BCUT2D eigenvalue weighted by atomic mass is 10.2. The molecule has 0 saturated heterocycles. The average Bonchev–Trinajstić information content (AvgIpc) is 2.16. The van der Waals surface area contributed by atoms with Gasteiger partial charge >= 0.3 is 7.60 Å². The Morgan fingerprint density at radius 2 is 1.92 bits per heavy atom. The van der Waals surface area contributed by atoms with E-state index < -0.39 is 7.60 Å². The normalized spacial score (nSPS) is 14.1. The first-order chi connectivity index (χ1) is 6.14. The molecule has 1 atom stereocenters. The second kappa shape index (κ2) is 6.30. The molecule has 0 amide bonds. The summed E-state index contributed by atoms with van der Waals surface area (Å²) in [5, 5.41) is 0. The topological polar surface area (TPSA) is 52.6 Å². The van der Waals surface area contributed by atoms with Crippen molar-refractivity contribution in [1.29, 1.82) is 0 Å². The van der Waals surface area contributed by atoms with Gasteiger partial charge in [-0.05, 0) is 6.42 Å². The highest BCUT2D eigenvalue weighted by Gasteiger charge is 2.32. The van der Waals surface area contributed by atoms with Gasteiger partial charge in [0.25, 0.3) is 0 Å². The van der Waals surface area contributed by atoms with Gasteiger partial charge in [0.05, 0.1) is 5.66 Å². The molecule has 0 rings (SSSR count).